The van der Waals surface area contributed by atoms with E-state index in [1.807, 2.05) is 0 Å². The molecule has 3 aromatic carbocycles. The lowest BCUT2D eigenvalue weighted by Crippen LogP contribution is -2.28. The third-order valence-electron chi connectivity index (χ3n) is 3.86. The number of benzene rings is 3. The molecule has 0 aliphatic heterocycles. The molecule has 0 aromatic heterocycles. The molecule has 0 bridgehead atoms. The lowest BCUT2D eigenvalue weighted by atomic mass is 10.2. The fraction of sp³-hybridized carbons (Fsp3) is 0.0526. The summed E-state index contributed by atoms with van der Waals surface area (Å²) in [5.41, 5.74) is -0.766. The first-order valence-corrected chi connectivity index (χ1v) is 10.2. The molecule has 0 saturated heterocycles. The smallest absolute Gasteiger partial charge is 0.309 e. The Labute approximate surface area is 157 Å². The molecule has 0 aliphatic rings. The SMILES string of the molecule is O=P(c1ccccc1)(c1ccccc1)c1cccc(C(F)(F)F)c1I. The van der Waals surface area contributed by atoms with Gasteiger partial charge in [-0.1, -0.05) is 66.7 Å². The van der Waals surface area contributed by atoms with Crippen molar-refractivity contribution in [1.82, 2.24) is 0 Å². The number of hydrogen-bond acceptors (Lipinski definition) is 1. The van der Waals surface area contributed by atoms with Crippen LogP contribution in [-0.2, 0) is 10.7 Å². The first-order valence-electron chi connectivity index (χ1n) is 7.42. The molecule has 1 nitrogen and oxygen atoms in total. The maximum atomic E-state index is 14.1. The van der Waals surface area contributed by atoms with Gasteiger partial charge in [-0.3, -0.25) is 0 Å². The molecule has 0 fully saturated rings. The van der Waals surface area contributed by atoms with Gasteiger partial charge in [-0.25, -0.2) is 0 Å². The highest BCUT2D eigenvalue weighted by molar-refractivity contribution is 14.1. The zero-order valence-corrected chi connectivity index (χ0v) is 15.9. The van der Waals surface area contributed by atoms with E-state index in [1.165, 1.54) is 12.1 Å². The first kappa shape index (κ1) is 18.2. The summed E-state index contributed by atoms with van der Waals surface area (Å²) in [6.45, 7) is 0. The van der Waals surface area contributed by atoms with Gasteiger partial charge in [0.05, 0.1) is 5.56 Å². The summed E-state index contributed by atoms with van der Waals surface area (Å²) in [5.74, 6) is 0. The van der Waals surface area contributed by atoms with E-state index in [0.717, 1.165) is 6.07 Å². The predicted octanol–water partition coefficient (Wildman–Crippen LogP) is 4.95. The molecule has 0 aliphatic carbocycles. The molecule has 0 spiro atoms. The van der Waals surface area contributed by atoms with Crippen LogP contribution in [0.3, 0.4) is 0 Å². The van der Waals surface area contributed by atoms with Crippen molar-refractivity contribution in [2.45, 2.75) is 6.18 Å². The summed E-state index contributed by atoms with van der Waals surface area (Å²) in [4.78, 5) is 0. The highest BCUT2D eigenvalue weighted by atomic mass is 127. The summed E-state index contributed by atoms with van der Waals surface area (Å²) in [6, 6.07) is 21.2. The van der Waals surface area contributed by atoms with Crippen LogP contribution in [0.5, 0.6) is 0 Å². The predicted molar refractivity (Wildman–Crippen MR) is 104 cm³/mol. The van der Waals surface area contributed by atoms with Gasteiger partial charge in [0.15, 0.2) is 7.14 Å². The van der Waals surface area contributed by atoms with Gasteiger partial charge >= 0.3 is 6.18 Å². The largest absolute Gasteiger partial charge is 0.417 e. The molecule has 6 heteroatoms. The minimum Gasteiger partial charge on any atom is -0.309 e. The van der Waals surface area contributed by atoms with Gasteiger partial charge in [-0.2, -0.15) is 13.2 Å². The van der Waals surface area contributed by atoms with E-state index in [-0.39, 0.29) is 8.87 Å². The molecule has 0 unspecified atom stereocenters. The average Bonchev–Trinajstić information content (AvgIpc) is 2.62. The van der Waals surface area contributed by atoms with Crippen LogP contribution in [0.2, 0.25) is 0 Å². The zero-order valence-electron chi connectivity index (χ0n) is 12.9. The van der Waals surface area contributed by atoms with Crippen molar-refractivity contribution in [2.75, 3.05) is 0 Å². The van der Waals surface area contributed by atoms with Crippen LogP contribution in [0.4, 0.5) is 13.2 Å². The summed E-state index contributed by atoms with van der Waals surface area (Å²) in [5, 5.41) is 1.23. The zero-order chi connectivity index (χ0) is 18.1. The van der Waals surface area contributed by atoms with E-state index in [1.54, 1.807) is 83.3 Å². The number of hydrogen-bond donors (Lipinski definition) is 0. The lowest BCUT2D eigenvalue weighted by Gasteiger charge is -2.23. The van der Waals surface area contributed by atoms with Gasteiger partial charge in [0.2, 0.25) is 0 Å². The Morgan fingerprint density at radius 2 is 1.20 bits per heavy atom. The number of alkyl halides is 3. The van der Waals surface area contributed by atoms with Crippen LogP contribution in [0.25, 0.3) is 0 Å². The van der Waals surface area contributed by atoms with Crippen LogP contribution in [-0.4, -0.2) is 0 Å². The van der Waals surface area contributed by atoms with Crippen molar-refractivity contribution in [3.8, 4) is 0 Å². The summed E-state index contributed by atoms with van der Waals surface area (Å²) in [6.07, 6.45) is -4.50. The second-order valence-electron chi connectivity index (χ2n) is 5.42. The summed E-state index contributed by atoms with van der Waals surface area (Å²) < 4.78 is 54.1. The molecule has 0 amide bonds. The minimum absolute atomic E-state index is 0.0244. The standard InChI is InChI=1S/C19H13F3IOP/c20-19(21,22)16-12-7-13-17(18(16)23)25(24,14-8-3-1-4-9-14)15-10-5-2-6-11-15/h1-13H. The maximum Gasteiger partial charge on any atom is 0.417 e. The minimum atomic E-state index is -4.50. The Kier molecular flexibility index (Phi) is 5.07. The molecule has 3 aromatic rings. The van der Waals surface area contributed by atoms with Gasteiger partial charge in [0, 0.05) is 19.5 Å². The molecule has 0 saturated carbocycles. The average molecular weight is 472 g/mol. The summed E-state index contributed by atoms with van der Waals surface area (Å²) >= 11 is 1.65. The topological polar surface area (TPSA) is 17.1 Å². The van der Waals surface area contributed by atoms with E-state index in [2.05, 4.69) is 0 Å². The van der Waals surface area contributed by atoms with E-state index >= 15 is 0 Å². The van der Waals surface area contributed by atoms with Crippen molar-refractivity contribution in [2.24, 2.45) is 0 Å². The first-order chi connectivity index (χ1) is 11.8. The normalized spacial score (nSPS) is 12.2. The van der Waals surface area contributed by atoms with E-state index in [9.17, 15) is 17.7 Å². The molecule has 0 N–H and O–H groups in total. The van der Waals surface area contributed by atoms with Crippen molar-refractivity contribution < 1.29 is 17.7 Å². The Bertz CT molecular complexity index is 881. The van der Waals surface area contributed by atoms with Crippen LogP contribution < -0.4 is 15.9 Å². The van der Waals surface area contributed by atoms with Crippen molar-refractivity contribution in [3.63, 3.8) is 0 Å². The van der Waals surface area contributed by atoms with Crippen molar-refractivity contribution in [1.29, 1.82) is 0 Å². The van der Waals surface area contributed by atoms with Crippen LogP contribution in [0, 0.1) is 3.57 Å². The van der Waals surface area contributed by atoms with E-state index in [0.29, 0.717) is 10.6 Å². The summed E-state index contributed by atoms with van der Waals surface area (Å²) in [7, 11) is -3.42. The molecular formula is C19H13F3IOP. The highest BCUT2D eigenvalue weighted by Gasteiger charge is 2.38. The second kappa shape index (κ2) is 6.96. The molecule has 0 radical (unpaired) electrons. The van der Waals surface area contributed by atoms with Crippen LogP contribution in [0.1, 0.15) is 5.56 Å². The van der Waals surface area contributed by atoms with E-state index < -0.39 is 18.9 Å². The van der Waals surface area contributed by atoms with E-state index in [4.69, 9.17) is 0 Å². The monoisotopic (exact) mass is 472 g/mol. The third kappa shape index (κ3) is 3.40. The molecular weight excluding hydrogens is 459 g/mol. The lowest BCUT2D eigenvalue weighted by molar-refractivity contribution is -0.138. The maximum absolute atomic E-state index is 14.1. The molecule has 25 heavy (non-hydrogen) atoms. The van der Waals surface area contributed by atoms with Crippen molar-refractivity contribution in [3.05, 3.63) is 88.0 Å². The number of rotatable bonds is 3. The Hall–Kier alpha value is -1.59. The highest BCUT2D eigenvalue weighted by Crippen LogP contribution is 2.45. The molecule has 128 valence electrons. The Morgan fingerprint density at radius 1 is 0.720 bits per heavy atom. The quantitative estimate of drug-likeness (QED) is 0.390. The van der Waals surface area contributed by atoms with Crippen molar-refractivity contribution >= 4 is 45.6 Å². The Morgan fingerprint density at radius 3 is 1.64 bits per heavy atom. The van der Waals surface area contributed by atoms with Gasteiger partial charge in [-0.15, -0.1) is 0 Å². The Balaban J connectivity index is 2.34. The van der Waals surface area contributed by atoms with Gasteiger partial charge in [0.25, 0.3) is 0 Å². The number of halogens is 4. The van der Waals surface area contributed by atoms with Gasteiger partial charge < -0.3 is 4.57 Å². The molecule has 0 atom stereocenters. The second-order valence-corrected chi connectivity index (χ2v) is 9.23. The van der Waals surface area contributed by atoms with Gasteiger partial charge in [0.1, 0.15) is 0 Å². The van der Waals surface area contributed by atoms with Gasteiger partial charge in [-0.05, 0) is 34.7 Å². The van der Waals surface area contributed by atoms with Crippen LogP contribution >= 0.6 is 29.7 Å². The molecule has 3 rings (SSSR count). The third-order valence-corrected chi connectivity index (χ3v) is 8.55. The molecule has 0 heterocycles. The van der Waals surface area contributed by atoms with Crippen LogP contribution in [0.15, 0.2) is 78.9 Å². The fourth-order valence-electron chi connectivity index (χ4n) is 2.69. The fourth-order valence-corrected chi connectivity index (χ4v) is 7.10.